The molecule has 23 heavy (non-hydrogen) atoms. The summed E-state index contributed by atoms with van der Waals surface area (Å²) in [4.78, 5) is 8.89. The summed E-state index contributed by atoms with van der Waals surface area (Å²) >= 11 is 0. The van der Waals surface area contributed by atoms with Gasteiger partial charge in [0, 0.05) is 35.1 Å². The number of nitrogens with zero attached hydrogens (tertiary/aromatic N) is 3. The molecule has 3 nitrogen and oxygen atoms in total. The van der Waals surface area contributed by atoms with E-state index in [1.165, 1.54) is 6.07 Å². The molecule has 4 rings (SSSR count). The first-order valence-electron chi connectivity index (χ1n) is 7.41. The van der Waals surface area contributed by atoms with Gasteiger partial charge in [0.15, 0.2) is 0 Å². The van der Waals surface area contributed by atoms with Gasteiger partial charge in [0.05, 0.1) is 12.2 Å². The van der Waals surface area contributed by atoms with E-state index in [1.54, 1.807) is 24.5 Å². The second-order valence-electron chi connectivity index (χ2n) is 5.35. The van der Waals surface area contributed by atoms with Crippen molar-refractivity contribution in [1.82, 2.24) is 14.5 Å². The lowest BCUT2D eigenvalue weighted by Gasteiger charge is -2.05. The van der Waals surface area contributed by atoms with Crippen LogP contribution in [0.3, 0.4) is 0 Å². The van der Waals surface area contributed by atoms with Crippen LogP contribution in [-0.4, -0.2) is 14.5 Å². The van der Waals surface area contributed by atoms with Gasteiger partial charge >= 0.3 is 0 Å². The standard InChI is InChI=1S/C19H14FN3/c20-17-8-2-1-6-14(17)12-23-13-16(18-9-3-4-10-21-18)15-7-5-11-22-19(15)23/h1-11,13H,12H2. The molecule has 0 aliphatic heterocycles. The molecule has 3 heterocycles. The highest BCUT2D eigenvalue weighted by atomic mass is 19.1. The van der Waals surface area contributed by atoms with Crippen molar-refractivity contribution in [3.8, 4) is 11.3 Å². The van der Waals surface area contributed by atoms with Gasteiger partial charge in [-0.3, -0.25) is 4.98 Å². The SMILES string of the molecule is Fc1ccccc1Cn1cc(-c2ccccn2)c2cccnc21. The molecule has 4 aromatic rings. The van der Waals surface area contributed by atoms with Crippen molar-refractivity contribution >= 4 is 11.0 Å². The first-order chi connectivity index (χ1) is 11.3. The van der Waals surface area contributed by atoms with Crippen LogP contribution in [0.15, 0.2) is 73.2 Å². The first kappa shape index (κ1) is 13.6. The van der Waals surface area contributed by atoms with Crippen LogP contribution in [0.4, 0.5) is 4.39 Å². The Morgan fingerprint density at radius 3 is 2.52 bits per heavy atom. The van der Waals surface area contributed by atoms with E-state index < -0.39 is 0 Å². The third-order valence-electron chi connectivity index (χ3n) is 3.87. The van der Waals surface area contributed by atoms with Crippen molar-refractivity contribution in [3.05, 3.63) is 84.6 Å². The fraction of sp³-hybridized carbons (Fsp3) is 0.0526. The zero-order valence-electron chi connectivity index (χ0n) is 12.4. The minimum Gasteiger partial charge on any atom is -0.327 e. The van der Waals surface area contributed by atoms with E-state index in [2.05, 4.69) is 9.97 Å². The molecular weight excluding hydrogens is 289 g/mol. The van der Waals surface area contributed by atoms with Gasteiger partial charge in [-0.2, -0.15) is 0 Å². The number of benzene rings is 1. The number of pyridine rings is 2. The molecule has 0 atom stereocenters. The van der Waals surface area contributed by atoms with Crippen molar-refractivity contribution in [3.63, 3.8) is 0 Å². The second kappa shape index (κ2) is 5.65. The highest BCUT2D eigenvalue weighted by Crippen LogP contribution is 2.28. The molecule has 0 N–H and O–H groups in total. The summed E-state index contributed by atoms with van der Waals surface area (Å²) in [6.07, 6.45) is 5.51. The molecule has 3 aromatic heterocycles. The summed E-state index contributed by atoms with van der Waals surface area (Å²) < 4.78 is 15.9. The van der Waals surface area contributed by atoms with E-state index >= 15 is 0 Å². The fourth-order valence-corrected chi connectivity index (χ4v) is 2.78. The second-order valence-corrected chi connectivity index (χ2v) is 5.35. The van der Waals surface area contributed by atoms with Gasteiger partial charge in [-0.15, -0.1) is 0 Å². The van der Waals surface area contributed by atoms with Crippen molar-refractivity contribution in [2.75, 3.05) is 0 Å². The third kappa shape index (κ3) is 2.48. The van der Waals surface area contributed by atoms with E-state index in [0.29, 0.717) is 12.1 Å². The van der Waals surface area contributed by atoms with Crippen LogP contribution in [0.2, 0.25) is 0 Å². The van der Waals surface area contributed by atoms with E-state index in [4.69, 9.17) is 0 Å². The number of rotatable bonds is 3. The van der Waals surface area contributed by atoms with Crippen LogP contribution in [0.25, 0.3) is 22.3 Å². The molecule has 0 unspecified atom stereocenters. The Hall–Kier alpha value is -3.01. The lowest BCUT2D eigenvalue weighted by molar-refractivity contribution is 0.601. The maximum absolute atomic E-state index is 14.0. The quantitative estimate of drug-likeness (QED) is 0.565. The predicted molar refractivity (Wildman–Crippen MR) is 88.5 cm³/mol. The molecule has 0 fully saturated rings. The maximum atomic E-state index is 14.0. The number of hydrogen-bond donors (Lipinski definition) is 0. The Morgan fingerprint density at radius 1 is 0.870 bits per heavy atom. The van der Waals surface area contributed by atoms with E-state index in [1.807, 2.05) is 47.2 Å². The Kier molecular flexibility index (Phi) is 3.35. The monoisotopic (exact) mass is 303 g/mol. The Bertz CT molecular complexity index is 961. The smallest absolute Gasteiger partial charge is 0.140 e. The Labute approximate surface area is 133 Å². The molecule has 0 radical (unpaired) electrons. The lowest BCUT2D eigenvalue weighted by Crippen LogP contribution is -2.01. The number of aromatic nitrogens is 3. The molecule has 0 saturated heterocycles. The van der Waals surface area contributed by atoms with Crippen LogP contribution in [0, 0.1) is 5.82 Å². The average molecular weight is 303 g/mol. The van der Waals surface area contributed by atoms with Gasteiger partial charge in [0.2, 0.25) is 0 Å². The highest BCUT2D eigenvalue weighted by Gasteiger charge is 2.13. The van der Waals surface area contributed by atoms with Crippen molar-refractivity contribution in [2.24, 2.45) is 0 Å². The molecule has 112 valence electrons. The summed E-state index contributed by atoms with van der Waals surface area (Å²) in [5.74, 6) is -0.204. The maximum Gasteiger partial charge on any atom is 0.140 e. The first-order valence-corrected chi connectivity index (χ1v) is 7.41. The molecule has 4 heteroatoms. The van der Waals surface area contributed by atoms with Gasteiger partial charge in [0.1, 0.15) is 11.5 Å². The van der Waals surface area contributed by atoms with Crippen LogP contribution >= 0.6 is 0 Å². The van der Waals surface area contributed by atoms with Crippen LogP contribution in [0.5, 0.6) is 0 Å². The fourth-order valence-electron chi connectivity index (χ4n) is 2.78. The van der Waals surface area contributed by atoms with E-state index in [9.17, 15) is 4.39 Å². The van der Waals surface area contributed by atoms with E-state index in [0.717, 1.165) is 22.3 Å². The summed E-state index contributed by atoms with van der Waals surface area (Å²) in [5.41, 5.74) is 3.36. The molecule has 0 aliphatic rings. The minimum absolute atomic E-state index is 0.204. The van der Waals surface area contributed by atoms with Gasteiger partial charge < -0.3 is 4.57 Å². The molecule has 0 amide bonds. The Balaban J connectivity index is 1.87. The van der Waals surface area contributed by atoms with Gasteiger partial charge in [-0.25, -0.2) is 9.37 Å². The number of hydrogen-bond acceptors (Lipinski definition) is 2. The van der Waals surface area contributed by atoms with Crippen molar-refractivity contribution in [1.29, 1.82) is 0 Å². The topological polar surface area (TPSA) is 30.7 Å². The molecular formula is C19H14FN3. The molecule has 0 bridgehead atoms. The molecule has 1 aromatic carbocycles. The van der Waals surface area contributed by atoms with E-state index in [-0.39, 0.29) is 5.82 Å². The van der Waals surface area contributed by atoms with Gasteiger partial charge in [0.25, 0.3) is 0 Å². The Morgan fingerprint density at radius 2 is 1.70 bits per heavy atom. The molecule has 0 saturated carbocycles. The zero-order valence-corrected chi connectivity index (χ0v) is 12.4. The molecule has 0 aliphatic carbocycles. The van der Waals surface area contributed by atoms with Gasteiger partial charge in [-0.05, 0) is 30.3 Å². The van der Waals surface area contributed by atoms with Crippen molar-refractivity contribution in [2.45, 2.75) is 6.54 Å². The largest absolute Gasteiger partial charge is 0.327 e. The summed E-state index contributed by atoms with van der Waals surface area (Å²) in [7, 11) is 0. The highest BCUT2D eigenvalue weighted by molar-refractivity contribution is 5.93. The third-order valence-corrected chi connectivity index (χ3v) is 3.87. The normalized spacial score (nSPS) is 11.0. The average Bonchev–Trinajstić information content (AvgIpc) is 2.97. The predicted octanol–water partition coefficient (Wildman–Crippen LogP) is 4.29. The van der Waals surface area contributed by atoms with Crippen LogP contribution in [0.1, 0.15) is 5.56 Å². The summed E-state index contributed by atoms with van der Waals surface area (Å²) in [6, 6.07) is 16.6. The summed E-state index contributed by atoms with van der Waals surface area (Å²) in [5, 5.41) is 1.02. The number of halogens is 1. The molecule has 0 spiro atoms. The summed E-state index contributed by atoms with van der Waals surface area (Å²) in [6.45, 7) is 0.438. The minimum atomic E-state index is -0.204. The zero-order chi connectivity index (χ0) is 15.6. The van der Waals surface area contributed by atoms with Crippen LogP contribution < -0.4 is 0 Å². The number of fused-ring (bicyclic) bond motifs is 1. The van der Waals surface area contributed by atoms with Crippen molar-refractivity contribution < 1.29 is 4.39 Å². The van der Waals surface area contributed by atoms with Crippen LogP contribution in [-0.2, 0) is 6.54 Å². The van der Waals surface area contributed by atoms with Gasteiger partial charge in [-0.1, -0.05) is 24.3 Å². The lowest BCUT2D eigenvalue weighted by atomic mass is 10.1.